The van der Waals surface area contributed by atoms with Gasteiger partial charge < -0.3 is 9.47 Å². The van der Waals surface area contributed by atoms with E-state index in [0.717, 1.165) is 15.7 Å². The molecule has 0 fully saturated rings. The van der Waals surface area contributed by atoms with Crippen molar-refractivity contribution in [2.24, 2.45) is 0 Å². The van der Waals surface area contributed by atoms with Gasteiger partial charge in [0.25, 0.3) is 0 Å². The van der Waals surface area contributed by atoms with E-state index >= 15 is 0 Å². The minimum absolute atomic E-state index is 0.287. The molecular weight excluding hydrogens is 370 g/mol. The van der Waals surface area contributed by atoms with Crippen molar-refractivity contribution < 1.29 is 14.3 Å². The van der Waals surface area contributed by atoms with Crippen LogP contribution in [0.25, 0.3) is 6.08 Å². The van der Waals surface area contributed by atoms with Crippen LogP contribution in [0.2, 0.25) is 5.02 Å². The van der Waals surface area contributed by atoms with Gasteiger partial charge in [-0.05, 0) is 29.5 Å². The summed E-state index contributed by atoms with van der Waals surface area (Å²) in [6, 6.07) is 3.50. The molecule has 0 radical (unpaired) electrons. The molecule has 1 aromatic heterocycles. The van der Waals surface area contributed by atoms with Crippen molar-refractivity contribution >= 4 is 51.8 Å². The number of fused-ring (bicyclic) bond motifs is 1. The first-order chi connectivity index (χ1) is 11.7. The highest BCUT2D eigenvalue weighted by molar-refractivity contribution is 8.01. The monoisotopic (exact) mass is 383 g/mol. The van der Waals surface area contributed by atoms with E-state index < -0.39 is 0 Å². The molecule has 0 aliphatic carbocycles. The summed E-state index contributed by atoms with van der Waals surface area (Å²) in [5.41, 5.74) is 0.749. The molecule has 0 unspecified atom stereocenters. The van der Waals surface area contributed by atoms with Crippen LogP contribution in [0.1, 0.15) is 12.5 Å². The Labute approximate surface area is 152 Å². The molecule has 0 spiro atoms. The van der Waals surface area contributed by atoms with Crippen LogP contribution in [-0.2, 0) is 4.79 Å². The van der Waals surface area contributed by atoms with Gasteiger partial charge in [-0.25, -0.2) is 0 Å². The van der Waals surface area contributed by atoms with Gasteiger partial charge in [0.15, 0.2) is 15.8 Å². The van der Waals surface area contributed by atoms with Crippen LogP contribution in [0.4, 0.5) is 5.13 Å². The summed E-state index contributed by atoms with van der Waals surface area (Å²) in [4.78, 5) is 12.0. The number of carbonyl (C=O) groups is 1. The Morgan fingerprint density at radius 1 is 1.42 bits per heavy atom. The number of carbonyl (C=O) groups excluding carboxylic acids is 1. The summed E-state index contributed by atoms with van der Waals surface area (Å²) in [5, 5.41) is 11.5. The fourth-order valence-electron chi connectivity index (χ4n) is 1.99. The Morgan fingerprint density at radius 2 is 2.25 bits per heavy atom. The van der Waals surface area contributed by atoms with Gasteiger partial charge in [0, 0.05) is 6.08 Å². The van der Waals surface area contributed by atoms with Crippen molar-refractivity contribution in [1.29, 1.82) is 0 Å². The highest BCUT2D eigenvalue weighted by Gasteiger charge is 2.16. The average Bonchev–Trinajstić information content (AvgIpc) is 3.00. The number of hydrogen-bond acceptors (Lipinski definition) is 7. The number of ether oxygens (including phenoxy) is 2. The molecule has 1 N–H and O–H groups in total. The van der Waals surface area contributed by atoms with Gasteiger partial charge in [0.1, 0.15) is 13.2 Å². The summed E-state index contributed by atoms with van der Waals surface area (Å²) < 4.78 is 11.8. The third kappa shape index (κ3) is 4.19. The van der Waals surface area contributed by atoms with Crippen molar-refractivity contribution in [2.75, 3.05) is 24.3 Å². The lowest BCUT2D eigenvalue weighted by Crippen LogP contribution is -2.15. The van der Waals surface area contributed by atoms with Crippen LogP contribution < -0.4 is 14.8 Å². The molecule has 1 amide bonds. The lowest BCUT2D eigenvalue weighted by atomic mass is 10.1. The molecule has 0 atom stereocenters. The second-order valence-corrected chi connectivity index (χ2v) is 7.55. The molecule has 9 heteroatoms. The van der Waals surface area contributed by atoms with Gasteiger partial charge in [-0.15, -0.1) is 10.2 Å². The Balaban J connectivity index is 1.66. The molecule has 0 saturated heterocycles. The lowest BCUT2D eigenvalue weighted by Gasteiger charge is -2.19. The first-order valence-electron chi connectivity index (χ1n) is 7.20. The highest BCUT2D eigenvalue weighted by Crippen LogP contribution is 2.38. The molecule has 2 heterocycles. The van der Waals surface area contributed by atoms with Gasteiger partial charge in [0.05, 0.1) is 5.02 Å². The van der Waals surface area contributed by atoms with E-state index in [4.69, 9.17) is 21.1 Å². The molecule has 0 bridgehead atoms. The predicted octanol–water partition coefficient (Wildman–Crippen LogP) is 3.73. The SMILES string of the molecule is CCSc1nnc(NC(=O)C=Cc2cc(Cl)c3c(c2)OCCO3)s1. The maximum atomic E-state index is 12.0. The predicted molar refractivity (Wildman–Crippen MR) is 96.4 cm³/mol. The van der Waals surface area contributed by atoms with Crippen LogP contribution >= 0.6 is 34.7 Å². The standard InChI is InChI=1S/C15H14ClN3O3S2/c1-2-23-15-19-18-14(24-15)17-12(20)4-3-9-7-10(16)13-11(8-9)21-5-6-22-13/h3-4,7-8H,2,5-6H2,1H3,(H,17,18,20). The van der Waals surface area contributed by atoms with Crippen molar-refractivity contribution in [1.82, 2.24) is 10.2 Å². The number of anilines is 1. The molecule has 0 saturated carbocycles. The number of nitrogens with one attached hydrogen (secondary N) is 1. The fraction of sp³-hybridized carbons (Fsp3) is 0.267. The third-order valence-electron chi connectivity index (χ3n) is 2.95. The summed E-state index contributed by atoms with van der Waals surface area (Å²) in [7, 11) is 0. The maximum absolute atomic E-state index is 12.0. The fourth-order valence-corrected chi connectivity index (χ4v) is 3.91. The first-order valence-corrected chi connectivity index (χ1v) is 9.38. The van der Waals surface area contributed by atoms with E-state index in [1.807, 2.05) is 6.92 Å². The van der Waals surface area contributed by atoms with E-state index in [9.17, 15) is 4.79 Å². The van der Waals surface area contributed by atoms with Crippen molar-refractivity contribution in [3.8, 4) is 11.5 Å². The quantitative estimate of drug-likeness (QED) is 0.482. The normalized spacial score (nSPS) is 13.2. The number of amides is 1. The largest absolute Gasteiger partial charge is 0.486 e. The Bertz CT molecular complexity index is 779. The van der Waals surface area contributed by atoms with Crippen LogP contribution in [-0.4, -0.2) is 35.1 Å². The number of halogens is 1. The van der Waals surface area contributed by atoms with Gasteiger partial charge >= 0.3 is 0 Å². The summed E-state index contributed by atoms with van der Waals surface area (Å²) in [6.45, 7) is 2.99. The molecular formula is C15H14ClN3O3S2. The number of aromatic nitrogens is 2. The summed E-state index contributed by atoms with van der Waals surface area (Å²) in [6.07, 6.45) is 3.07. The summed E-state index contributed by atoms with van der Waals surface area (Å²) >= 11 is 9.10. The smallest absolute Gasteiger partial charge is 0.250 e. The lowest BCUT2D eigenvalue weighted by molar-refractivity contribution is -0.111. The second kappa shape index (κ2) is 7.87. The van der Waals surface area contributed by atoms with Crippen LogP contribution in [0.15, 0.2) is 22.5 Å². The van der Waals surface area contributed by atoms with E-state index in [-0.39, 0.29) is 5.91 Å². The topological polar surface area (TPSA) is 73.3 Å². The Hall–Kier alpha value is -1.77. The molecule has 1 aliphatic rings. The third-order valence-corrected chi connectivity index (χ3v) is 5.09. The number of nitrogens with zero attached hydrogens (tertiary/aromatic N) is 2. The van der Waals surface area contributed by atoms with Crippen molar-refractivity contribution in [2.45, 2.75) is 11.3 Å². The van der Waals surface area contributed by atoms with Crippen molar-refractivity contribution in [3.05, 3.63) is 28.8 Å². The molecule has 24 heavy (non-hydrogen) atoms. The van der Waals surface area contributed by atoms with Crippen LogP contribution in [0, 0.1) is 0 Å². The molecule has 3 rings (SSSR count). The van der Waals surface area contributed by atoms with Gasteiger partial charge in [0.2, 0.25) is 11.0 Å². The minimum Gasteiger partial charge on any atom is -0.486 e. The van der Waals surface area contributed by atoms with E-state index in [1.54, 1.807) is 30.0 Å². The number of thioether (sulfide) groups is 1. The minimum atomic E-state index is -0.287. The molecule has 1 aromatic carbocycles. The van der Waals surface area contributed by atoms with E-state index in [1.165, 1.54) is 17.4 Å². The number of benzene rings is 1. The van der Waals surface area contributed by atoms with Gasteiger partial charge in [-0.1, -0.05) is 41.6 Å². The van der Waals surface area contributed by atoms with Gasteiger partial charge in [-0.2, -0.15) is 0 Å². The van der Waals surface area contributed by atoms with Crippen LogP contribution in [0.5, 0.6) is 11.5 Å². The van der Waals surface area contributed by atoms with Crippen LogP contribution in [0.3, 0.4) is 0 Å². The zero-order chi connectivity index (χ0) is 16.9. The number of hydrogen-bond donors (Lipinski definition) is 1. The zero-order valence-electron chi connectivity index (χ0n) is 12.7. The highest BCUT2D eigenvalue weighted by atomic mass is 35.5. The molecule has 2 aromatic rings. The van der Waals surface area contributed by atoms with E-state index in [2.05, 4.69) is 15.5 Å². The zero-order valence-corrected chi connectivity index (χ0v) is 15.1. The van der Waals surface area contributed by atoms with Crippen molar-refractivity contribution in [3.63, 3.8) is 0 Å². The molecule has 6 nitrogen and oxygen atoms in total. The molecule has 126 valence electrons. The maximum Gasteiger partial charge on any atom is 0.250 e. The Morgan fingerprint density at radius 3 is 3.08 bits per heavy atom. The Kier molecular flexibility index (Phi) is 5.60. The van der Waals surface area contributed by atoms with Gasteiger partial charge in [-0.3, -0.25) is 10.1 Å². The second-order valence-electron chi connectivity index (χ2n) is 4.66. The van der Waals surface area contributed by atoms with E-state index in [0.29, 0.717) is 34.9 Å². The molecule has 1 aliphatic heterocycles. The summed E-state index contributed by atoms with van der Waals surface area (Å²) in [5.74, 6) is 1.75. The first kappa shape index (κ1) is 17.1. The average molecular weight is 384 g/mol. The number of rotatable bonds is 5.